The third kappa shape index (κ3) is 4.17. The van der Waals surface area contributed by atoms with E-state index in [2.05, 4.69) is 15.4 Å². The number of aromatic nitrogens is 3. The Morgan fingerprint density at radius 2 is 2.08 bits per heavy atom. The van der Waals surface area contributed by atoms with Gasteiger partial charge in [-0.15, -0.1) is 0 Å². The highest BCUT2D eigenvalue weighted by Crippen LogP contribution is 2.16. The summed E-state index contributed by atoms with van der Waals surface area (Å²) in [4.78, 5) is 16.0. The molecule has 1 heterocycles. The minimum Gasteiger partial charge on any atom is -0.346 e. The van der Waals surface area contributed by atoms with Crippen molar-refractivity contribution in [2.75, 3.05) is 0 Å². The smallest absolute Gasteiger partial charge is 0.244 e. The number of rotatable bonds is 5. The second-order valence-corrected chi connectivity index (χ2v) is 5.52. The number of amides is 1. The lowest BCUT2D eigenvalue weighted by atomic mass is 10.1. The van der Waals surface area contributed by atoms with Crippen molar-refractivity contribution in [3.8, 4) is 5.69 Å². The summed E-state index contributed by atoms with van der Waals surface area (Å²) in [6, 6.07) is 13.7. The van der Waals surface area contributed by atoms with Crippen LogP contribution in [-0.2, 0) is 4.79 Å². The van der Waals surface area contributed by atoms with Gasteiger partial charge in [0, 0.05) is 11.6 Å². The van der Waals surface area contributed by atoms with Gasteiger partial charge in [-0.2, -0.15) is 5.10 Å². The molecule has 0 spiro atoms. The topological polar surface area (TPSA) is 59.8 Å². The molecule has 6 heteroatoms. The fraction of sp³-hybridized carbons (Fsp3) is 0.105. The van der Waals surface area contributed by atoms with E-state index in [1.807, 2.05) is 31.2 Å². The van der Waals surface area contributed by atoms with Crippen molar-refractivity contribution in [3.05, 3.63) is 84.2 Å². The average molecular weight is 336 g/mol. The molecular formula is C19H17FN4O. The summed E-state index contributed by atoms with van der Waals surface area (Å²) in [5.41, 5.74) is 2.16. The third-order valence-corrected chi connectivity index (χ3v) is 3.73. The quantitative estimate of drug-likeness (QED) is 0.727. The Balaban J connectivity index is 1.68. The summed E-state index contributed by atoms with van der Waals surface area (Å²) in [7, 11) is 0. The van der Waals surface area contributed by atoms with E-state index in [9.17, 15) is 9.18 Å². The van der Waals surface area contributed by atoms with Gasteiger partial charge in [0.2, 0.25) is 5.91 Å². The van der Waals surface area contributed by atoms with E-state index in [1.165, 1.54) is 24.5 Å². The molecule has 0 saturated carbocycles. The molecule has 0 unspecified atom stereocenters. The SMILES string of the molecule is C[C@H](NC(=O)/C=C/c1ccccc1F)c1cccc(-n2cncn2)c1. The Bertz CT molecular complexity index is 890. The van der Waals surface area contributed by atoms with Crippen LogP contribution in [0.15, 0.2) is 67.3 Å². The van der Waals surface area contributed by atoms with Gasteiger partial charge in [-0.3, -0.25) is 4.79 Å². The molecule has 0 saturated heterocycles. The molecule has 1 aromatic heterocycles. The lowest BCUT2D eigenvalue weighted by molar-refractivity contribution is -0.117. The van der Waals surface area contributed by atoms with E-state index in [-0.39, 0.29) is 17.8 Å². The Labute approximate surface area is 144 Å². The van der Waals surface area contributed by atoms with Gasteiger partial charge < -0.3 is 5.32 Å². The molecule has 5 nitrogen and oxygen atoms in total. The lowest BCUT2D eigenvalue weighted by Crippen LogP contribution is -2.24. The van der Waals surface area contributed by atoms with Crippen LogP contribution in [-0.4, -0.2) is 20.7 Å². The van der Waals surface area contributed by atoms with Crippen LogP contribution in [0.3, 0.4) is 0 Å². The zero-order valence-electron chi connectivity index (χ0n) is 13.6. The number of benzene rings is 2. The molecule has 0 aliphatic heterocycles. The van der Waals surface area contributed by atoms with E-state index >= 15 is 0 Å². The van der Waals surface area contributed by atoms with Gasteiger partial charge in [0.05, 0.1) is 11.7 Å². The first-order valence-electron chi connectivity index (χ1n) is 7.81. The van der Waals surface area contributed by atoms with Gasteiger partial charge in [0.1, 0.15) is 18.5 Å². The second-order valence-electron chi connectivity index (χ2n) is 5.52. The minimum atomic E-state index is -0.361. The number of nitrogens with zero attached hydrogens (tertiary/aromatic N) is 3. The standard InChI is InChI=1S/C19H17FN4O/c1-14(16-6-4-7-17(11-16)24-13-21-12-22-24)23-19(25)10-9-15-5-2-3-8-18(15)20/h2-14H,1H3,(H,23,25)/b10-9+/t14-/m0/s1. The Kier molecular flexibility index (Phi) is 4.99. The number of carbonyl (C=O) groups excluding carboxylic acids is 1. The monoisotopic (exact) mass is 336 g/mol. The number of halogens is 1. The maximum absolute atomic E-state index is 13.6. The van der Waals surface area contributed by atoms with Crippen molar-refractivity contribution in [2.45, 2.75) is 13.0 Å². The van der Waals surface area contributed by atoms with Crippen LogP contribution in [0.25, 0.3) is 11.8 Å². The highest BCUT2D eigenvalue weighted by Gasteiger charge is 2.09. The van der Waals surface area contributed by atoms with E-state index in [0.29, 0.717) is 5.56 Å². The number of hydrogen-bond acceptors (Lipinski definition) is 3. The molecule has 0 radical (unpaired) electrons. The third-order valence-electron chi connectivity index (χ3n) is 3.73. The van der Waals surface area contributed by atoms with Crippen LogP contribution < -0.4 is 5.32 Å². The van der Waals surface area contributed by atoms with Gasteiger partial charge in [0.15, 0.2) is 0 Å². The van der Waals surface area contributed by atoms with E-state index < -0.39 is 0 Å². The van der Waals surface area contributed by atoms with E-state index in [0.717, 1.165) is 11.3 Å². The average Bonchev–Trinajstić information content (AvgIpc) is 3.16. The molecule has 25 heavy (non-hydrogen) atoms. The van der Waals surface area contributed by atoms with Crippen molar-refractivity contribution in [1.82, 2.24) is 20.1 Å². The summed E-state index contributed by atoms with van der Waals surface area (Å²) in [5, 5.41) is 6.96. The zero-order valence-corrected chi connectivity index (χ0v) is 13.6. The maximum atomic E-state index is 13.6. The summed E-state index contributed by atoms with van der Waals surface area (Å²) >= 11 is 0. The van der Waals surface area contributed by atoms with Crippen LogP contribution in [0.4, 0.5) is 4.39 Å². The van der Waals surface area contributed by atoms with E-state index in [1.54, 1.807) is 29.2 Å². The molecule has 0 bridgehead atoms. The zero-order chi connectivity index (χ0) is 17.6. The molecule has 1 atom stereocenters. The molecule has 3 aromatic rings. The first-order chi connectivity index (χ1) is 12.1. The van der Waals surface area contributed by atoms with Crippen LogP contribution in [0.2, 0.25) is 0 Å². The highest BCUT2D eigenvalue weighted by molar-refractivity contribution is 5.92. The summed E-state index contributed by atoms with van der Waals surface area (Å²) in [5.74, 6) is -0.651. The molecule has 0 aliphatic rings. The minimum absolute atomic E-state index is 0.207. The normalized spacial score (nSPS) is 12.2. The fourth-order valence-corrected chi connectivity index (χ4v) is 2.40. The first kappa shape index (κ1) is 16.6. The number of hydrogen-bond donors (Lipinski definition) is 1. The molecule has 0 fully saturated rings. The first-order valence-corrected chi connectivity index (χ1v) is 7.81. The van der Waals surface area contributed by atoms with Crippen molar-refractivity contribution in [1.29, 1.82) is 0 Å². The van der Waals surface area contributed by atoms with Gasteiger partial charge in [0.25, 0.3) is 0 Å². The van der Waals surface area contributed by atoms with Crippen LogP contribution in [0.1, 0.15) is 24.1 Å². The van der Waals surface area contributed by atoms with Gasteiger partial charge >= 0.3 is 0 Å². The molecular weight excluding hydrogens is 319 g/mol. The van der Waals surface area contributed by atoms with Gasteiger partial charge in [-0.25, -0.2) is 14.1 Å². The fourth-order valence-electron chi connectivity index (χ4n) is 2.40. The van der Waals surface area contributed by atoms with Crippen LogP contribution >= 0.6 is 0 Å². The van der Waals surface area contributed by atoms with Crippen molar-refractivity contribution in [2.24, 2.45) is 0 Å². The molecule has 0 aliphatic carbocycles. The molecule has 3 rings (SSSR count). The Morgan fingerprint density at radius 3 is 2.84 bits per heavy atom. The van der Waals surface area contributed by atoms with Crippen LogP contribution in [0.5, 0.6) is 0 Å². The predicted molar refractivity (Wildman–Crippen MR) is 93.4 cm³/mol. The predicted octanol–water partition coefficient (Wildman–Crippen LogP) is 3.30. The summed E-state index contributed by atoms with van der Waals surface area (Å²) < 4.78 is 15.2. The Morgan fingerprint density at radius 1 is 1.24 bits per heavy atom. The maximum Gasteiger partial charge on any atom is 0.244 e. The summed E-state index contributed by atoms with van der Waals surface area (Å²) in [6.07, 6.45) is 5.87. The number of carbonyl (C=O) groups is 1. The molecule has 2 aromatic carbocycles. The van der Waals surface area contributed by atoms with Crippen molar-refractivity contribution < 1.29 is 9.18 Å². The van der Waals surface area contributed by atoms with Gasteiger partial charge in [-0.1, -0.05) is 30.3 Å². The second kappa shape index (κ2) is 7.53. The van der Waals surface area contributed by atoms with Crippen molar-refractivity contribution >= 4 is 12.0 Å². The van der Waals surface area contributed by atoms with Crippen LogP contribution in [0, 0.1) is 5.82 Å². The Hall–Kier alpha value is -3.28. The largest absolute Gasteiger partial charge is 0.346 e. The molecule has 1 N–H and O–H groups in total. The molecule has 126 valence electrons. The lowest BCUT2D eigenvalue weighted by Gasteiger charge is -2.14. The summed E-state index contributed by atoms with van der Waals surface area (Å²) in [6.45, 7) is 1.88. The molecule has 1 amide bonds. The van der Waals surface area contributed by atoms with Crippen molar-refractivity contribution in [3.63, 3.8) is 0 Å². The number of nitrogens with one attached hydrogen (secondary N) is 1. The van der Waals surface area contributed by atoms with Gasteiger partial charge in [-0.05, 0) is 36.8 Å². The van der Waals surface area contributed by atoms with E-state index in [4.69, 9.17) is 0 Å². The highest BCUT2D eigenvalue weighted by atomic mass is 19.1.